The summed E-state index contributed by atoms with van der Waals surface area (Å²) in [5, 5.41) is 0. The molecule has 10 heteroatoms. The molecule has 0 aliphatic rings. The molecule has 3 nitrogen and oxygen atoms in total. The highest BCUT2D eigenvalue weighted by Gasteiger charge is 2.40. The second-order valence-electron chi connectivity index (χ2n) is 2.62. The first kappa shape index (κ1) is 14.9. The van der Waals surface area contributed by atoms with E-state index in [4.69, 9.17) is 9.79 Å². The fourth-order valence-electron chi connectivity index (χ4n) is 0.796. The lowest BCUT2D eigenvalue weighted by Crippen LogP contribution is -2.26. The van der Waals surface area contributed by atoms with E-state index in [9.17, 15) is 26.3 Å². The van der Waals surface area contributed by atoms with Gasteiger partial charge in [-0.3, -0.25) is 0 Å². The molecule has 2 N–H and O–H groups in total. The topological polar surface area (TPSA) is 49.7 Å². The predicted octanol–water partition coefficient (Wildman–Crippen LogP) is 2.49. The summed E-state index contributed by atoms with van der Waals surface area (Å²) in [6.45, 7) is 0. The van der Waals surface area contributed by atoms with Crippen LogP contribution in [0.1, 0.15) is 12.8 Å². The van der Waals surface area contributed by atoms with Crippen molar-refractivity contribution in [2.45, 2.75) is 31.3 Å². The van der Waals surface area contributed by atoms with Crippen LogP contribution in [0.25, 0.3) is 0 Å². The number of hydrogen-bond acceptors (Lipinski definition) is 3. The predicted molar refractivity (Wildman–Crippen MR) is 37.6 cm³/mol. The molecule has 92 valence electrons. The van der Waals surface area contributed by atoms with Gasteiger partial charge in [-0.1, -0.05) is 0 Å². The zero-order valence-corrected chi connectivity index (χ0v) is 7.90. The van der Waals surface area contributed by atoms with Crippen molar-refractivity contribution in [1.29, 1.82) is 0 Å². The molecule has 0 saturated heterocycles. The summed E-state index contributed by atoms with van der Waals surface area (Å²) >= 11 is 0. The van der Waals surface area contributed by atoms with E-state index in [1.165, 1.54) is 0 Å². The standard InChI is InChI=1S/C5H7F6O3P/c6-4(7,8)1-3(14-15(12)13)2-5(9,10)11/h3,12-13H,1-2H2. The molecule has 0 fully saturated rings. The van der Waals surface area contributed by atoms with Crippen molar-refractivity contribution in [2.24, 2.45) is 0 Å². The zero-order valence-electron chi connectivity index (χ0n) is 7.01. The Bertz CT molecular complexity index is 174. The average molecular weight is 260 g/mol. The van der Waals surface area contributed by atoms with E-state index in [0.29, 0.717) is 0 Å². The van der Waals surface area contributed by atoms with Crippen LogP contribution in [0.3, 0.4) is 0 Å². The summed E-state index contributed by atoms with van der Waals surface area (Å²) in [4.78, 5) is 16.4. The van der Waals surface area contributed by atoms with E-state index in [1.54, 1.807) is 0 Å². The van der Waals surface area contributed by atoms with Crippen molar-refractivity contribution in [3.05, 3.63) is 0 Å². The molecule has 0 amide bonds. The third kappa shape index (κ3) is 10.2. The molecule has 0 aromatic carbocycles. The van der Waals surface area contributed by atoms with E-state index in [1.807, 2.05) is 0 Å². The third-order valence-electron chi connectivity index (χ3n) is 1.16. The van der Waals surface area contributed by atoms with Crippen LogP contribution in [0.5, 0.6) is 0 Å². The first-order chi connectivity index (χ1) is 6.49. The van der Waals surface area contributed by atoms with E-state index in [-0.39, 0.29) is 0 Å². The molecular formula is C5H7F6O3P. The van der Waals surface area contributed by atoms with Gasteiger partial charge in [-0.05, 0) is 0 Å². The summed E-state index contributed by atoms with van der Waals surface area (Å²) in [6, 6.07) is 0. The van der Waals surface area contributed by atoms with Crippen LogP contribution in [0.2, 0.25) is 0 Å². The molecule has 0 heterocycles. The molecule has 15 heavy (non-hydrogen) atoms. The van der Waals surface area contributed by atoms with Gasteiger partial charge in [-0.2, -0.15) is 26.3 Å². The monoisotopic (exact) mass is 260 g/mol. The molecular weight excluding hydrogens is 253 g/mol. The minimum Gasteiger partial charge on any atom is -0.328 e. The Morgan fingerprint density at radius 3 is 1.47 bits per heavy atom. The van der Waals surface area contributed by atoms with Crippen LogP contribution < -0.4 is 0 Å². The van der Waals surface area contributed by atoms with Crippen molar-refractivity contribution < 1.29 is 40.7 Å². The minimum absolute atomic E-state index is 1.88. The van der Waals surface area contributed by atoms with Gasteiger partial charge in [0, 0.05) is 0 Å². The fraction of sp³-hybridized carbons (Fsp3) is 1.00. The minimum atomic E-state index is -4.86. The van der Waals surface area contributed by atoms with Crippen LogP contribution in [-0.4, -0.2) is 28.2 Å². The number of halogens is 6. The van der Waals surface area contributed by atoms with E-state index in [2.05, 4.69) is 4.52 Å². The van der Waals surface area contributed by atoms with Crippen LogP contribution in [0.4, 0.5) is 26.3 Å². The van der Waals surface area contributed by atoms with Gasteiger partial charge in [0.1, 0.15) is 0 Å². The van der Waals surface area contributed by atoms with Crippen LogP contribution >= 0.6 is 8.60 Å². The summed E-state index contributed by atoms with van der Waals surface area (Å²) in [7, 11) is -3.25. The Morgan fingerprint density at radius 1 is 0.933 bits per heavy atom. The maximum absolute atomic E-state index is 11.7. The molecule has 0 aromatic heterocycles. The highest BCUT2D eigenvalue weighted by Crippen LogP contribution is 2.37. The Labute approximate surface area is 81.7 Å². The van der Waals surface area contributed by atoms with Gasteiger partial charge in [0.25, 0.3) is 0 Å². The molecule has 0 atom stereocenters. The van der Waals surface area contributed by atoms with E-state index < -0.39 is 39.9 Å². The normalized spacial score (nSPS) is 14.0. The van der Waals surface area contributed by atoms with Gasteiger partial charge in [0.05, 0.1) is 18.9 Å². The quantitative estimate of drug-likeness (QED) is 0.603. The Balaban J connectivity index is 4.32. The number of alkyl halides is 6. The highest BCUT2D eigenvalue weighted by molar-refractivity contribution is 7.39. The van der Waals surface area contributed by atoms with Crippen LogP contribution in [0.15, 0.2) is 0 Å². The molecule has 0 aliphatic heterocycles. The summed E-state index contributed by atoms with van der Waals surface area (Å²) in [6.07, 6.45) is -15.8. The van der Waals surface area contributed by atoms with E-state index >= 15 is 0 Å². The van der Waals surface area contributed by atoms with Crippen molar-refractivity contribution in [3.8, 4) is 0 Å². The van der Waals surface area contributed by atoms with Crippen LogP contribution in [0, 0.1) is 0 Å². The molecule has 0 bridgehead atoms. The lowest BCUT2D eigenvalue weighted by atomic mass is 10.2. The van der Waals surface area contributed by atoms with Gasteiger partial charge < -0.3 is 14.3 Å². The van der Waals surface area contributed by atoms with Gasteiger partial charge in [-0.15, -0.1) is 0 Å². The van der Waals surface area contributed by atoms with Gasteiger partial charge in [-0.25, -0.2) is 0 Å². The maximum Gasteiger partial charge on any atom is 0.391 e. The second-order valence-corrected chi connectivity index (χ2v) is 3.34. The summed E-state index contributed by atoms with van der Waals surface area (Å²) < 4.78 is 74.1. The smallest absolute Gasteiger partial charge is 0.328 e. The SMILES string of the molecule is OP(O)OC(CC(F)(F)F)CC(F)(F)F. The molecule has 0 spiro atoms. The van der Waals surface area contributed by atoms with Gasteiger partial charge in [0.2, 0.25) is 0 Å². The van der Waals surface area contributed by atoms with Crippen molar-refractivity contribution in [3.63, 3.8) is 0 Å². The van der Waals surface area contributed by atoms with Crippen LogP contribution in [-0.2, 0) is 4.52 Å². The Hall–Kier alpha value is -0.110. The van der Waals surface area contributed by atoms with Gasteiger partial charge in [0.15, 0.2) is 0 Å². The molecule has 0 unspecified atom stereocenters. The second kappa shape index (κ2) is 5.29. The largest absolute Gasteiger partial charge is 0.391 e. The Morgan fingerprint density at radius 2 is 1.27 bits per heavy atom. The lowest BCUT2D eigenvalue weighted by Gasteiger charge is -2.20. The molecule has 0 aromatic rings. The lowest BCUT2D eigenvalue weighted by molar-refractivity contribution is -0.182. The number of rotatable bonds is 4. The van der Waals surface area contributed by atoms with Crippen molar-refractivity contribution in [2.75, 3.05) is 0 Å². The molecule has 0 aliphatic carbocycles. The Kier molecular flexibility index (Phi) is 5.25. The molecule has 0 rings (SSSR count). The van der Waals surface area contributed by atoms with Crippen molar-refractivity contribution >= 4 is 8.60 Å². The molecule has 0 saturated carbocycles. The fourth-order valence-corrected chi connectivity index (χ4v) is 1.21. The van der Waals surface area contributed by atoms with Gasteiger partial charge >= 0.3 is 21.0 Å². The first-order valence-corrected chi connectivity index (χ1v) is 4.64. The first-order valence-electron chi connectivity index (χ1n) is 3.48. The number of hydrogen-bond donors (Lipinski definition) is 2. The van der Waals surface area contributed by atoms with Crippen molar-refractivity contribution in [1.82, 2.24) is 0 Å². The zero-order chi connectivity index (χ0) is 12.3. The average Bonchev–Trinajstić information content (AvgIpc) is 1.73. The summed E-state index contributed by atoms with van der Waals surface area (Å²) in [5.41, 5.74) is 0. The summed E-state index contributed by atoms with van der Waals surface area (Å²) in [5.74, 6) is 0. The maximum atomic E-state index is 11.7. The van der Waals surface area contributed by atoms with E-state index in [0.717, 1.165) is 0 Å². The third-order valence-corrected chi connectivity index (χ3v) is 1.65. The molecule has 0 radical (unpaired) electrons. The highest BCUT2D eigenvalue weighted by atomic mass is 31.2.